The lowest BCUT2D eigenvalue weighted by molar-refractivity contribution is -0.140. The van der Waals surface area contributed by atoms with Gasteiger partial charge in [-0.3, -0.25) is 4.79 Å². The zero-order chi connectivity index (χ0) is 14.8. The fourth-order valence-electron chi connectivity index (χ4n) is 2.51. The second kappa shape index (κ2) is 6.07. The number of carbonyl (C=O) groups excluding carboxylic acids is 1. The van der Waals surface area contributed by atoms with Crippen LogP contribution in [0, 0.1) is 0 Å². The molecule has 0 radical (unpaired) electrons. The Hall–Kier alpha value is -1.53. The second-order valence-corrected chi connectivity index (χ2v) is 6.22. The third-order valence-electron chi connectivity index (χ3n) is 3.37. The summed E-state index contributed by atoms with van der Waals surface area (Å²) in [6.07, 6.45) is 0.180. The molecule has 2 atom stereocenters. The van der Waals surface area contributed by atoms with Crippen LogP contribution in [0.3, 0.4) is 0 Å². The number of oxazole rings is 1. The van der Waals surface area contributed by atoms with Crippen molar-refractivity contribution >= 4 is 28.8 Å². The summed E-state index contributed by atoms with van der Waals surface area (Å²) in [6, 6.07) is 7.60. The molecule has 0 spiro atoms. The lowest BCUT2D eigenvalue weighted by Crippen LogP contribution is -2.48. The SMILES string of the molecule is C[C@@H]1CN(C(=O)CSc2nc3ccccc3o2)C[C@@H](C)O1. The van der Waals surface area contributed by atoms with Crippen LogP contribution in [-0.2, 0) is 9.53 Å². The number of aromatic nitrogens is 1. The number of amides is 1. The zero-order valence-electron chi connectivity index (χ0n) is 12.1. The van der Waals surface area contributed by atoms with Gasteiger partial charge in [-0.15, -0.1) is 0 Å². The Morgan fingerprint density at radius 3 is 2.76 bits per heavy atom. The van der Waals surface area contributed by atoms with Gasteiger partial charge in [0.25, 0.3) is 5.22 Å². The molecule has 1 aliphatic heterocycles. The molecule has 1 amide bonds. The van der Waals surface area contributed by atoms with Crippen LogP contribution in [0.25, 0.3) is 11.1 Å². The number of nitrogens with zero attached hydrogens (tertiary/aromatic N) is 2. The smallest absolute Gasteiger partial charge is 0.257 e. The number of thioether (sulfide) groups is 1. The van der Waals surface area contributed by atoms with E-state index in [0.29, 0.717) is 24.1 Å². The largest absolute Gasteiger partial charge is 0.431 e. The van der Waals surface area contributed by atoms with Crippen LogP contribution < -0.4 is 0 Å². The average molecular weight is 306 g/mol. The van der Waals surface area contributed by atoms with Gasteiger partial charge in [-0.1, -0.05) is 23.9 Å². The van der Waals surface area contributed by atoms with Gasteiger partial charge in [0.1, 0.15) is 5.52 Å². The highest BCUT2D eigenvalue weighted by Gasteiger charge is 2.26. The van der Waals surface area contributed by atoms with Crippen molar-refractivity contribution in [1.29, 1.82) is 0 Å². The highest BCUT2D eigenvalue weighted by molar-refractivity contribution is 7.99. The molecule has 21 heavy (non-hydrogen) atoms. The van der Waals surface area contributed by atoms with Crippen molar-refractivity contribution < 1.29 is 13.9 Å². The zero-order valence-corrected chi connectivity index (χ0v) is 12.9. The fraction of sp³-hybridized carbons (Fsp3) is 0.467. The number of hydrogen-bond acceptors (Lipinski definition) is 5. The summed E-state index contributed by atoms with van der Waals surface area (Å²) >= 11 is 1.34. The molecule has 3 rings (SSSR count). The van der Waals surface area contributed by atoms with Gasteiger partial charge in [0.15, 0.2) is 5.58 Å². The van der Waals surface area contributed by atoms with Crippen LogP contribution in [0.5, 0.6) is 0 Å². The van der Waals surface area contributed by atoms with Gasteiger partial charge >= 0.3 is 0 Å². The highest BCUT2D eigenvalue weighted by atomic mass is 32.2. The molecule has 0 unspecified atom stereocenters. The third kappa shape index (κ3) is 3.39. The summed E-state index contributed by atoms with van der Waals surface area (Å²) in [4.78, 5) is 18.5. The number of para-hydroxylation sites is 2. The number of ether oxygens (including phenoxy) is 1. The van der Waals surface area contributed by atoms with Crippen molar-refractivity contribution in [3.63, 3.8) is 0 Å². The summed E-state index contributed by atoms with van der Waals surface area (Å²) in [5, 5.41) is 0.541. The molecule has 1 aliphatic rings. The van der Waals surface area contributed by atoms with Crippen LogP contribution in [0.2, 0.25) is 0 Å². The molecular formula is C15H18N2O3S. The van der Waals surface area contributed by atoms with E-state index in [1.54, 1.807) is 0 Å². The van der Waals surface area contributed by atoms with Crippen molar-refractivity contribution in [2.45, 2.75) is 31.3 Å². The van der Waals surface area contributed by atoms with E-state index in [0.717, 1.165) is 11.1 Å². The van der Waals surface area contributed by atoms with Crippen LogP contribution in [-0.4, -0.2) is 46.8 Å². The summed E-state index contributed by atoms with van der Waals surface area (Å²) in [7, 11) is 0. The molecule has 1 fully saturated rings. The number of benzene rings is 1. The number of hydrogen-bond donors (Lipinski definition) is 0. The predicted molar refractivity (Wildman–Crippen MR) is 81.3 cm³/mol. The first-order valence-corrected chi connectivity index (χ1v) is 8.02. The van der Waals surface area contributed by atoms with Gasteiger partial charge in [0.05, 0.1) is 18.0 Å². The van der Waals surface area contributed by atoms with E-state index >= 15 is 0 Å². The Morgan fingerprint density at radius 2 is 2.05 bits per heavy atom. The summed E-state index contributed by atoms with van der Waals surface area (Å²) in [5.74, 6) is 0.441. The minimum atomic E-state index is 0.0898. The predicted octanol–water partition coefficient (Wildman–Crippen LogP) is 2.56. The normalized spacial score (nSPS) is 22.7. The van der Waals surface area contributed by atoms with Gasteiger partial charge in [-0.2, -0.15) is 0 Å². The fourth-order valence-corrected chi connectivity index (χ4v) is 3.25. The minimum absolute atomic E-state index is 0.0898. The van der Waals surface area contributed by atoms with Crippen LogP contribution in [0.1, 0.15) is 13.8 Å². The van der Waals surface area contributed by atoms with Crippen molar-refractivity contribution in [2.24, 2.45) is 0 Å². The Kier molecular flexibility index (Phi) is 4.17. The van der Waals surface area contributed by atoms with E-state index in [2.05, 4.69) is 4.98 Å². The molecule has 2 heterocycles. The number of morpholine rings is 1. The molecule has 0 bridgehead atoms. The maximum Gasteiger partial charge on any atom is 0.257 e. The van der Waals surface area contributed by atoms with Gasteiger partial charge in [-0.05, 0) is 26.0 Å². The molecule has 5 nitrogen and oxygen atoms in total. The standard InChI is InChI=1S/C15H18N2O3S/c1-10-7-17(8-11(2)19-10)14(18)9-21-15-16-12-5-3-4-6-13(12)20-15/h3-6,10-11H,7-9H2,1-2H3/t10-,11-/m1/s1. The van der Waals surface area contributed by atoms with Crippen molar-refractivity contribution in [1.82, 2.24) is 9.88 Å². The minimum Gasteiger partial charge on any atom is -0.431 e. The lowest BCUT2D eigenvalue weighted by atomic mass is 10.2. The first kappa shape index (κ1) is 14.4. The van der Waals surface area contributed by atoms with E-state index in [1.807, 2.05) is 43.0 Å². The van der Waals surface area contributed by atoms with Gasteiger partial charge in [0.2, 0.25) is 5.91 Å². The van der Waals surface area contributed by atoms with Gasteiger partial charge in [-0.25, -0.2) is 4.98 Å². The highest BCUT2D eigenvalue weighted by Crippen LogP contribution is 2.23. The maximum absolute atomic E-state index is 12.3. The second-order valence-electron chi connectivity index (χ2n) is 5.29. The summed E-state index contributed by atoms with van der Waals surface area (Å²) in [6.45, 7) is 5.28. The quantitative estimate of drug-likeness (QED) is 0.816. The summed E-state index contributed by atoms with van der Waals surface area (Å²) < 4.78 is 11.2. The van der Waals surface area contributed by atoms with Crippen LogP contribution >= 0.6 is 11.8 Å². The first-order valence-electron chi connectivity index (χ1n) is 7.03. The van der Waals surface area contributed by atoms with E-state index in [-0.39, 0.29) is 18.1 Å². The molecule has 2 aromatic rings. The van der Waals surface area contributed by atoms with Crippen molar-refractivity contribution in [2.75, 3.05) is 18.8 Å². The average Bonchev–Trinajstić information content (AvgIpc) is 2.86. The summed E-state index contributed by atoms with van der Waals surface area (Å²) in [5.41, 5.74) is 1.57. The van der Waals surface area contributed by atoms with Crippen LogP contribution in [0.4, 0.5) is 0 Å². The molecule has 6 heteroatoms. The Balaban J connectivity index is 1.60. The Labute approximate surface area is 127 Å². The van der Waals surface area contributed by atoms with E-state index in [1.165, 1.54) is 11.8 Å². The third-order valence-corrected chi connectivity index (χ3v) is 4.18. The topological polar surface area (TPSA) is 55.6 Å². The number of rotatable bonds is 3. The van der Waals surface area contributed by atoms with E-state index in [4.69, 9.17) is 9.15 Å². The first-order chi connectivity index (χ1) is 10.1. The molecule has 1 aromatic carbocycles. The molecular weight excluding hydrogens is 288 g/mol. The van der Waals surface area contributed by atoms with E-state index < -0.39 is 0 Å². The molecule has 112 valence electrons. The van der Waals surface area contributed by atoms with Gasteiger partial charge < -0.3 is 14.1 Å². The Bertz CT molecular complexity index is 600. The molecule has 1 aromatic heterocycles. The maximum atomic E-state index is 12.3. The van der Waals surface area contributed by atoms with Crippen molar-refractivity contribution in [3.8, 4) is 0 Å². The molecule has 0 aliphatic carbocycles. The van der Waals surface area contributed by atoms with Crippen LogP contribution in [0.15, 0.2) is 33.9 Å². The number of fused-ring (bicyclic) bond motifs is 1. The van der Waals surface area contributed by atoms with Gasteiger partial charge in [0, 0.05) is 13.1 Å². The monoisotopic (exact) mass is 306 g/mol. The molecule has 0 N–H and O–H groups in total. The Morgan fingerprint density at radius 1 is 1.33 bits per heavy atom. The molecule has 1 saturated heterocycles. The lowest BCUT2D eigenvalue weighted by Gasteiger charge is -2.35. The number of carbonyl (C=O) groups is 1. The van der Waals surface area contributed by atoms with E-state index in [9.17, 15) is 4.79 Å². The van der Waals surface area contributed by atoms with Crippen molar-refractivity contribution in [3.05, 3.63) is 24.3 Å². The molecule has 0 saturated carbocycles.